The van der Waals surface area contributed by atoms with Crippen LogP contribution < -0.4 is 10.2 Å². The zero-order chi connectivity index (χ0) is 14.8. The Morgan fingerprint density at radius 1 is 1.62 bits per heavy atom. The van der Waals surface area contributed by atoms with Crippen LogP contribution in [0.3, 0.4) is 0 Å². The van der Waals surface area contributed by atoms with Gasteiger partial charge in [0.05, 0.1) is 28.7 Å². The number of benzene rings is 1. The fourth-order valence-electron chi connectivity index (χ4n) is 2.51. The number of hydrogen-bond donors (Lipinski definition) is 2. The second-order valence-corrected chi connectivity index (χ2v) is 5.02. The van der Waals surface area contributed by atoms with Gasteiger partial charge >= 0.3 is 0 Å². The van der Waals surface area contributed by atoms with Crippen molar-refractivity contribution in [3.63, 3.8) is 0 Å². The van der Waals surface area contributed by atoms with Crippen molar-refractivity contribution in [1.82, 2.24) is 15.3 Å². The molecule has 1 aromatic heterocycles. The number of morpholine rings is 1. The number of fused-ring (bicyclic) bond motifs is 1. The first-order valence-corrected chi connectivity index (χ1v) is 6.82. The fraction of sp³-hybridized carbons (Fsp3) is 0.462. The van der Waals surface area contributed by atoms with Crippen molar-refractivity contribution in [3.8, 4) is 0 Å². The molecule has 1 aromatic carbocycles. The van der Waals surface area contributed by atoms with E-state index in [1.165, 1.54) is 12.1 Å². The van der Waals surface area contributed by atoms with Gasteiger partial charge in [0.1, 0.15) is 0 Å². The molecule has 112 valence electrons. The van der Waals surface area contributed by atoms with Crippen molar-refractivity contribution in [2.75, 3.05) is 38.2 Å². The maximum atomic E-state index is 10.8. The van der Waals surface area contributed by atoms with Crippen LogP contribution in [0.5, 0.6) is 0 Å². The molecule has 3 rings (SSSR count). The molecule has 1 aliphatic rings. The minimum Gasteiger partial charge on any atom is -0.373 e. The average molecular weight is 291 g/mol. The van der Waals surface area contributed by atoms with Gasteiger partial charge in [-0.15, -0.1) is 0 Å². The highest BCUT2D eigenvalue weighted by atomic mass is 16.6. The zero-order valence-electron chi connectivity index (χ0n) is 11.7. The van der Waals surface area contributed by atoms with E-state index in [1.54, 1.807) is 6.07 Å². The lowest BCUT2D eigenvalue weighted by atomic mass is 10.3. The number of nitrogens with zero attached hydrogens (tertiary/aromatic N) is 3. The molecule has 2 aromatic rings. The Morgan fingerprint density at radius 3 is 3.24 bits per heavy atom. The average Bonchev–Trinajstić information content (AvgIpc) is 2.91. The van der Waals surface area contributed by atoms with E-state index < -0.39 is 4.92 Å². The van der Waals surface area contributed by atoms with Crippen molar-refractivity contribution in [2.24, 2.45) is 0 Å². The topological polar surface area (TPSA) is 96.3 Å². The number of imidazole rings is 1. The van der Waals surface area contributed by atoms with E-state index >= 15 is 0 Å². The number of nitro benzene ring substituents is 1. The van der Waals surface area contributed by atoms with E-state index in [9.17, 15) is 10.1 Å². The van der Waals surface area contributed by atoms with Gasteiger partial charge in [-0.3, -0.25) is 10.1 Å². The molecule has 1 fully saturated rings. The highest BCUT2D eigenvalue weighted by Gasteiger charge is 2.22. The summed E-state index contributed by atoms with van der Waals surface area (Å²) >= 11 is 0. The van der Waals surface area contributed by atoms with Crippen LogP contribution >= 0.6 is 0 Å². The van der Waals surface area contributed by atoms with Gasteiger partial charge < -0.3 is 19.9 Å². The molecule has 8 nitrogen and oxygen atoms in total. The predicted molar refractivity (Wildman–Crippen MR) is 78.6 cm³/mol. The molecule has 2 heterocycles. The van der Waals surface area contributed by atoms with Crippen LogP contribution in [0.25, 0.3) is 11.0 Å². The van der Waals surface area contributed by atoms with Gasteiger partial charge in [0.25, 0.3) is 5.69 Å². The molecule has 8 heteroatoms. The molecule has 2 N–H and O–H groups in total. The van der Waals surface area contributed by atoms with E-state index in [1.807, 2.05) is 7.05 Å². The number of hydrogen-bond acceptors (Lipinski definition) is 6. The second kappa shape index (κ2) is 5.66. The van der Waals surface area contributed by atoms with Gasteiger partial charge in [0, 0.05) is 31.8 Å². The standard InChI is InChI=1S/C13H17N5O3/c1-14-7-10-8-17(4-5-21-10)13-15-11-3-2-9(18(19)20)6-12(11)16-13/h2-3,6,10,14H,4-5,7-8H2,1H3,(H,15,16). The van der Waals surface area contributed by atoms with E-state index in [4.69, 9.17) is 4.74 Å². The van der Waals surface area contributed by atoms with Crippen LogP contribution in [-0.2, 0) is 4.74 Å². The Kier molecular flexibility index (Phi) is 3.72. The minimum absolute atomic E-state index is 0.0627. The van der Waals surface area contributed by atoms with Crippen LogP contribution in [0.4, 0.5) is 11.6 Å². The number of ether oxygens (including phenoxy) is 1. The summed E-state index contributed by atoms with van der Waals surface area (Å²) in [6, 6.07) is 4.65. The normalized spacial score (nSPS) is 19.1. The summed E-state index contributed by atoms with van der Waals surface area (Å²) in [6.07, 6.45) is 0.117. The first kappa shape index (κ1) is 13.8. The highest BCUT2D eigenvalue weighted by Crippen LogP contribution is 2.23. The number of non-ortho nitro benzene ring substituents is 1. The van der Waals surface area contributed by atoms with E-state index in [0.717, 1.165) is 31.1 Å². The highest BCUT2D eigenvalue weighted by molar-refractivity contribution is 5.80. The van der Waals surface area contributed by atoms with Crippen molar-refractivity contribution in [2.45, 2.75) is 6.10 Å². The number of aromatic amines is 1. The molecule has 1 unspecified atom stereocenters. The summed E-state index contributed by atoms with van der Waals surface area (Å²) in [5, 5.41) is 13.9. The summed E-state index contributed by atoms with van der Waals surface area (Å²) in [4.78, 5) is 20.2. The minimum atomic E-state index is -0.405. The predicted octanol–water partition coefficient (Wildman–Crippen LogP) is 0.896. The third kappa shape index (κ3) is 2.81. The Bertz CT molecular complexity index is 654. The van der Waals surface area contributed by atoms with Crippen LogP contribution in [0.15, 0.2) is 18.2 Å². The monoisotopic (exact) mass is 291 g/mol. The molecule has 0 spiro atoms. The quantitative estimate of drug-likeness (QED) is 0.641. The van der Waals surface area contributed by atoms with E-state index in [2.05, 4.69) is 20.2 Å². The van der Waals surface area contributed by atoms with E-state index in [0.29, 0.717) is 12.1 Å². The molecule has 1 atom stereocenters. The van der Waals surface area contributed by atoms with Crippen molar-refractivity contribution in [3.05, 3.63) is 28.3 Å². The van der Waals surface area contributed by atoms with Gasteiger partial charge in [0.15, 0.2) is 0 Å². The summed E-state index contributed by atoms with van der Waals surface area (Å²) in [6.45, 7) is 2.91. The maximum Gasteiger partial charge on any atom is 0.271 e. The van der Waals surface area contributed by atoms with Crippen molar-refractivity contribution >= 4 is 22.7 Å². The first-order chi connectivity index (χ1) is 10.2. The molecule has 0 bridgehead atoms. The lowest BCUT2D eigenvalue weighted by Crippen LogP contribution is -2.46. The molecule has 0 aliphatic carbocycles. The number of nitro groups is 1. The Balaban J connectivity index is 1.85. The number of anilines is 1. The van der Waals surface area contributed by atoms with Crippen LogP contribution in [-0.4, -0.2) is 54.3 Å². The molecule has 1 aliphatic heterocycles. The fourth-order valence-corrected chi connectivity index (χ4v) is 2.51. The molecule has 1 saturated heterocycles. The third-order valence-corrected chi connectivity index (χ3v) is 3.53. The number of nitrogens with one attached hydrogen (secondary N) is 2. The van der Waals surface area contributed by atoms with Gasteiger partial charge in [-0.25, -0.2) is 4.98 Å². The van der Waals surface area contributed by atoms with E-state index in [-0.39, 0.29) is 11.8 Å². The molecule has 0 amide bonds. The van der Waals surface area contributed by atoms with Crippen LogP contribution in [0.2, 0.25) is 0 Å². The summed E-state index contributed by atoms with van der Waals surface area (Å²) < 4.78 is 5.66. The smallest absolute Gasteiger partial charge is 0.271 e. The Hall–Kier alpha value is -2.19. The van der Waals surface area contributed by atoms with Gasteiger partial charge in [-0.05, 0) is 13.1 Å². The van der Waals surface area contributed by atoms with Gasteiger partial charge in [-0.2, -0.15) is 0 Å². The zero-order valence-corrected chi connectivity index (χ0v) is 11.7. The number of H-pyrrole nitrogens is 1. The molecule has 0 saturated carbocycles. The Morgan fingerprint density at radius 2 is 2.48 bits per heavy atom. The Labute approximate surface area is 121 Å². The SMILES string of the molecule is CNCC1CN(c2nc3ccc([N+](=O)[O-])cc3[nH]2)CCO1. The largest absolute Gasteiger partial charge is 0.373 e. The first-order valence-electron chi connectivity index (χ1n) is 6.82. The third-order valence-electron chi connectivity index (χ3n) is 3.53. The molecular weight excluding hydrogens is 274 g/mol. The number of likely N-dealkylation sites (N-methyl/N-ethyl adjacent to an activating group) is 1. The molecule has 21 heavy (non-hydrogen) atoms. The van der Waals surface area contributed by atoms with Crippen LogP contribution in [0, 0.1) is 10.1 Å². The molecular formula is C13H17N5O3. The second-order valence-electron chi connectivity index (χ2n) is 5.02. The van der Waals surface area contributed by atoms with Gasteiger partial charge in [-0.1, -0.05) is 0 Å². The number of aromatic nitrogens is 2. The van der Waals surface area contributed by atoms with Crippen molar-refractivity contribution in [1.29, 1.82) is 0 Å². The lowest BCUT2D eigenvalue weighted by molar-refractivity contribution is -0.384. The number of rotatable bonds is 4. The molecule has 0 radical (unpaired) electrons. The van der Waals surface area contributed by atoms with Crippen LogP contribution in [0.1, 0.15) is 0 Å². The maximum absolute atomic E-state index is 10.8. The summed E-state index contributed by atoms with van der Waals surface area (Å²) in [5.74, 6) is 0.731. The summed E-state index contributed by atoms with van der Waals surface area (Å²) in [7, 11) is 1.89. The van der Waals surface area contributed by atoms with Gasteiger partial charge in [0.2, 0.25) is 5.95 Å². The summed E-state index contributed by atoms with van der Waals surface area (Å²) in [5.41, 5.74) is 1.47. The lowest BCUT2D eigenvalue weighted by Gasteiger charge is -2.32. The van der Waals surface area contributed by atoms with Crippen molar-refractivity contribution < 1.29 is 9.66 Å².